The number of rotatable bonds is 8. The Kier molecular flexibility index (Phi) is 10.6. The van der Waals surface area contributed by atoms with Crippen molar-refractivity contribution in [3.8, 4) is 5.69 Å². The lowest BCUT2D eigenvalue weighted by atomic mass is 10.1. The van der Waals surface area contributed by atoms with E-state index in [2.05, 4.69) is 20.7 Å². The van der Waals surface area contributed by atoms with Gasteiger partial charge in [-0.2, -0.15) is 18.3 Å². The number of hydrogen-bond donors (Lipinski definition) is 2. The van der Waals surface area contributed by atoms with Crippen LogP contribution in [0.2, 0.25) is 0 Å². The molecule has 2 aromatic rings. The van der Waals surface area contributed by atoms with Crippen LogP contribution >= 0.6 is 24.0 Å². The zero-order valence-electron chi connectivity index (χ0n) is 17.8. The Morgan fingerprint density at radius 1 is 1.20 bits per heavy atom. The second kappa shape index (κ2) is 12.1. The van der Waals surface area contributed by atoms with E-state index in [1.807, 2.05) is 48.9 Å². The number of aryl methyl sites for hydroxylation is 2. The van der Waals surface area contributed by atoms with Gasteiger partial charge < -0.3 is 10.6 Å². The normalized spacial score (nSPS) is 12.1. The zero-order valence-corrected chi connectivity index (χ0v) is 20.1. The van der Waals surface area contributed by atoms with Crippen LogP contribution in [0.25, 0.3) is 5.69 Å². The number of nitrogens with zero attached hydrogens (tertiary/aromatic N) is 4. The maximum Gasteiger partial charge on any atom is 0.401 e. The molecule has 0 bridgehead atoms. The number of nitrogens with one attached hydrogen (secondary N) is 2. The molecule has 0 aliphatic heterocycles. The van der Waals surface area contributed by atoms with Gasteiger partial charge in [-0.1, -0.05) is 18.2 Å². The third-order valence-electron chi connectivity index (χ3n) is 4.36. The van der Waals surface area contributed by atoms with Crippen LogP contribution < -0.4 is 10.6 Å². The maximum absolute atomic E-state index is 12.3. The fourth-order valence-corrected chi connectivity index (χ4v) is 3.08. The van der Waals surface area contributed by atoms with E-state index in [0.717, 1.165) is 22.6 Å². The highest BCUT2D eigenvalue weighted by Crippen LogP contribution is 2.17. The lowest BCUT2D eigenvalue weighted by molar-refractivity contribution is -0.143. The van der Waals surface area contributed by atoms with Crippen molar-refractivity contribution >= 4 is 29.9 Å². The molecule has 30 heavy (non-hydrogen) atoms. The van der Waals surface area contributed by atoms with Crippen LogP contribution in [-0.2, 0) is 6.54 Å². The highest BCUT2D eigenvalue weighted by Gasteiger charge is 2.28. The summed E-state index contributed by atoms with van der Waals surface area (Å²) in [5, 5.41) is 10.9. The van der Waals surface area contributed by atoms with E-state index in [-0.39, 0.29) is 24.0 Å². The summed E-state index contributed by atoms with van der Waals surface area (Å²) in [6.07, 6.45) is -3.59. The summed E-state index contributed by atoms with van der Waals surface area (Å²) in [6.45, 7) is 4.50. The van der Waals surface area contributed by atoms with Crippen LogP contribution in [0.1, 0.15) is 23.4 Å². The van der Waals surface area contributed by atoms with Crippen molar-refractivity contribution in [2.45, 2.75) is 33.0 Å². The summed E-state index contributed by atoms with van der Waals surface area (Å²) in [5.74, 6) is 0.603. The van der Waals surface area contributed by atoms with Crippen molar-refractivity contribution in [2.75, 3.05) is 33.7 Å². The lowest BCUT2D eigenvalue weighted by Gasteiger charge is -2.19. The molecule has 168 valence electrons. The second-order valence-corrected chi connectivity index (χ2v) is 7.03. The van der Waals surface area contributed by atoms with Gasteiger partial charge in [0.05, 0.1) is 17.9 Å². The Labute approximate surface area is 193 Å². The number of aromatic nitrogens is 2. The minimum Gasteiger partial charge on any atom is -0.356 e. The fourth-order valence-electron chi connectivity index (χ4n) is 3.08. The van der Waals surface area contributed by atoms with Crippen molar-refractivity contribution in [3.63, 3.8) is 0 Å². The molecule has 0 saturated heterocycles. The van der Waals surface area contributed by atoms with Crippen LogP contribution in [0.5, 0.6) is 0 Å². The molecule has 0 radical (unpaired) electrons. The Bertz CT molecular complexity index is 819. The number of benzene rings is 1. The predicted molar refractivity (Wildman–Crippen MR) is 125 cm³/mol. The molecule has 0 saturated carbocycles. The van der Waals surface area contributed by atoms with Crippen LogP contribution in [0.15, 0.2) is 35.3 Å². The van der Waals surface area contributed by atoms with E-state index in [1.165, 1.54) is 11.9 Å². The topological polar surface area (TPSA) is 57.5 Å². The van der Waals surface area contributed by atoms with Crippen molar-refractivity contribution in [1.82, 2.24) is 25.3 Å². The van der Waals surface area contributed by atoms with Crippen molar-refractivity contribution in [2.24, 2.45) is 4.99 Å². The van der Waals surface area contributed by atoms with Crippen molar-refractivity contribution in [3.05, 3.63) is 47.3 Å². The monoisotopic (exact) mass is 538 g/mol. The average molecular weight is 538 g/mol. The number of halogens is 4. The predicted octanol–water partition coefficient (Wildman–Crippen LogP) is 3.66. The Morgan fingerprint density at radius 2 is 1.90 bits per heavy atom. The van der Waals surface area contributed by atoms with Gasteiger partial charge in [0.2, 0.25) is 0 Å². The second-order valence-electron chi connectivity index (χ2n) is 7.03. The molecule has 6 nitrogen and oxygen atoms in total. The van der Waals surface area contributed by atoms with E-state index in [0.29, 0.717) is 32.0 Å². The molecule has 0 atom stereocenters. The minimum absolute atomic E-state index is 0. The molecule has 2 rings (SSSR count). The Hall–Kier alpha value is -1.82. The van der Waals surface area contributed by atoms with Crippen molar-refractivity contribution in [1.29, 1.82) is 0 Å². The van der Waals surface area contributed by atoms with Gasteiger partial charge in [-0.25, -0.2) is 4.68 Å². The first-order valence-electron chi connectivity index (χ1n) is 9.51. The number of para-hydroxylation sites is 1. The van der Waals surface area contributed by atoms with Gasteiger partial charge in [0.25, 0.3) is 0 Å². The van der Waals surface area contributed by atoms with E-state index >= 15 is 0 Å². The highest BCUT2D eigenvalue weighted by atomic mass is 127. The molecule has 0 aliphatic carbocycles. The Morgan fingerprint density at radius 3 is 2.50 bits per heavy atom. The summed E-state index contributed by atoms with van der Waals surface area (Å²) in [7, 11) is 3.13. The van der Waals surface area contributed by atoms with Crippen LogP contribution in [-0.4, -0.2) is 60.5 Å². The quantitative estimate of drug-likeness (QED) is 0.233. The molecule has 2 N–H and O–H groups in total. The molecule has 1 aromatic carbocycles. The molecular formula is C20H30F3IN6. The SMILES string of the molecule is CN=C(NCCCN(C)CC(F)(F)F)NCc1ccccc1-n1nc(C)cc1C.I. The summed E-state index contributed by atoms with van der Waals surface area (Å²) >= 11 is 0. The highest BCUT2D eigenvalue weighted by molar-refractivity contribution is 14.0. The van der Waals surface area contributed by atoms with Crippen LogP contribution in [0.3, 0.4) is 0 Å². The number of alkyl halides is 3. The van der Waals surface area contributed by atoms with Gasteiger partial charge in [0.1, 0.15) is 0 Å². The molecule has 0 amide bonds. The third-order valence-corrected chi connectivity index (χ3v) is 4.36. The average Bonchev–Trinajstić information content (AvgIpc) is 2.98. The summed E-state index contributed by atoms with van der Waals surface area (Å²) < 4.78 is 39.0. The smallest absolute Gasteiger partial charge is 0.356 e. The van der Waals surface area contributed by atoms with E-state index in [1.54, 1.807) is 7.05 Å². The fraction of sp³-hybridized carbons (Fsp3) is 0.500. The standard InChI is InChI=1S/C20H29F3N6.HI/c1-15-12-16(2)29(27-15)18-9-6-5-8-17(18)13-26-19(24-3)25-10-7-11-28(4)14-20(21,22)23;/h5-6,8-9,12H,7,10-11,13-14H2,1-4H3,(H2,24,25,26);1H. The van der Waals surface area contributed by atoms with E-state index in [9.17, 15) is 13.2 Å². The van der Waals surface area contributed by atoms with Gasteiger partial charge in [0, 0.05) is 25.8 Å². The van der Waals surface area contributed by atoms with Gasteiger partial charge in [-0.3, -0.25) is 9.89 Å². The van der Waals surface area contributed by atoms with Gasteiger partial charge in [0.15, 0.2) is 5.96 Å². The zero-order chi connectivity index (χ0) is 21.4. The summed E-state index contributed by atoms with van der Waals surface area (Å²) in [4.78, 5) is 5.45. The number of guanidine groups is 1. The van der Waals surface area contributed by atoms with Crippen LogP contribution in [0.4, 0.5) is 13.2 Å². The first-order valence-corrected chi connectivity index (χ1v) is 9.51. The minimum atomic E-state index is -4.17. The summed E-state index contributed by atoms with van der Waals surface area (Å²) in [6, 6.07) is 10.0. The number of hydrogen-bond acceptors (Lipinski definition) is 3. The van der Waals surface area contributed by atoms with E-state index < -0.39 is 12.7 Å². The largest absolute Gasteiger partial charge is 0.401 e. The number of aliphatic imine (C=N–C) groups is 1. The first kappa shape index (κ1) is 26.2. The molecular weight excluding hydrogens is 508 g/mol. The van der Waals surface area contributed by atoms with Gasteiger partial charge in [-0.15, -0.1) is 24.0 Å². The molecule has 1 heterocycles. The molecule has 0 fully saturated rings. The Balaban J connectivity index is 0.00000450. The molecule has 10 heteroatoms. The van der Waals surface area contributed by atoms with Crippen molar-refractivity contribution < 1.29 is 13.2 Å². The lowest BCUT2D eigenvalue weighted by Crippen LogP contribution is -2.39. The molecule has 0 spiro atoms. The van der Waals surface area contributed by atoms with E-state index in [4.69, 9.17) is 0 Å². The van der Waals surface area contributed by atoms with Gasteiger partial charge >= 0.3 is 6.18 Å². The first-order chi connectivity index (χ1) is 13.7. The third kappa shape index (κ3) is 8.50. The molecule has 1 aromatic heterocycles. The molecule has 0 unspecified atom stereocenters. The van der Waals surface area contributed by atoms with Crippen LogP contribution in [0, 0.1) is 13.8 Å². The maximum atomic E-state index is 12.3. The summed E-state index contributed by atoms with van der Waals surface area (Å²) in [5.41, 5.74) is 4.07. The van der Waals surface area contributed by atoms with Gasteiger partial charge in [-0.05, 0) is 51.6 Å². The molecule has 0 aliphatic rings.